The predicted molar refractivity (Wildman–Crippen MR) is 65.8 cm³/mol. The number of hydrogen-bond donors (Lipinski definition) is 1. The maximum absolute atomic E-state index is 13.0. The second-order valence-electron chi connectivity index (χ2n) is 4.01. The van der Waals surface area contributed by atoms with Crippen molar-refractivity contribution in [2.24, 2.45) is 0 Å². The maximum Gasteiger partial charge on any atom is 0.417 e. The zero-order chi connectivity index (χ0) is 14.8. The summed E-state index contributed by atoms with van der Waals surface area (Å²) in [5.74, 6) is -0.470. The molecule has 2 aromatic rings. The highest BCUT2D eigenvalue weighted by Crippen LogP contribution is 2.33. The number of halogens is 4. The molecule has 0 aromatic heterocycles. The molecule has 0 spiro atoms. The van der Waals surface area contributed by atoms with E-state index in [1.807, 2.05) is 0 Å². The summed E-state index contributed by atoms with van der Waals surface area (Å²) >= 11 is 0. The highest BCUT2D eigenvalue weighted by atomic mass is 19.4. The minimum absolute atomic E-state index is 0.278. The van der Waals surface area contributed by atoms with Gasteiger partial charge in [0.1, 0.15) is 5.82 Å². The van der Waals surface area contributed by atoms with Gasteiger partial charge in [0.05, 0.1) is 17.2 Å². The van der Waals surface area contributed by atoms with E-state index >= 15 is 0 Å². The summed E-state index contributed by atoms with van der Waals surface area (Å²) in [5.41, 5.74) is -0.822. The van der Waals surface area contributed by atoms with Crippen molar-refractivity contribution in [3.8, 4) is 6.07 Å². The van der Waals surface area contributed by atoms with E-state index in [1.54, 1.807) is 6.07 Å². The van der Waals surface area contributed by atoms with Gasteiger partial charge < -0.3 is 5.32 Å². The van der Waals surface area contributed by atoms with Crippen LogP contribution in [0.25, 0.3) is 0 Å². The van der Waals surface area contributed by atoms with Crippen molar-refractivity contribution in [1.29, 1.82) is 5.26 Å². The Kier molecular flexibility index (Phi) is 3.61. The zero-order valence-corrected chi connectivity index (χ0v) is 10.0. The lowest BCUT2D eigenvalue weighted by molar-refractivity contribution is -0.137. The van der Waals surface area contributed by atoms with Gasteiger partial charge in [0.25, 0.3) is 0 Å². The normalized spacial score (nSPS) is 10.9. The van der Waals surface area contributed by atoms with Gasteiger partial charge in [-0.15, -0.1) is 0 Å². The standard InChI is InChI=1S/C14H8F4N2/c15-10-2-1-3-11(7-10)20-12-4-5-13(14(16,17)18)9(6-12)8-19/h1-7,20H. The molecule has 0 amide bonds. The lowest BCUT2D eigenvalue weighted by atomic mass is 10.1. The molecule has 2 aromatic carbocycles. The second-order valence-corrected chi connectivity index (χ2v) is 4.01. The van der Waals surface area contributed by atoms with Gasteiger partial charge in [-0.25, -0.2) is 4.39 Å². The van der Waals surface area contributed by atoms with E-state index in [-0.39, 0.29) is 5.69 Å². The van der Waals surface area contributed by atoms with E-state index in [9.17, 15) is 17.6 Å². The van der Waals surface area contributed by atoms with E-state index in [0.29, 0.717) is 5.69 Å². The van der Waals surface area contributed by atoms with Gasteiger partial charge in [0, 0.05) is 11.4 Å². The molecule has 2 nitrogen and oxygen atoms in total. The SMILES string of the molecule is N#Cc1cc(Nc2cccc(F)c2)ccc1C(F)(F)F. The Labute approximate surface area is 112 Å². The quantitative estimate of drug-likeness (QED) is 0.824. The minimum Gasteiger partial charge on any atom is -0.355 e. The summed E-state index contributed by atoms with van der Waals surface area (Å²) in [5, 5.41) is 11.5. The molecule has 0 radical (unpaired) electrons. The van der Waals surface area contributed by atoms with E-state index in [2.05, 4.69) is 5.32 Å². The molecule has 102 valence electrons. The first-order valence-electron chi connectivity index (χ1n) is 5.54. The monoisotopic (exact) mass is 280 g/mol. The van der Waals surface area contributed by atoms with Gasteiger partial charge in [-0.1, -0.05) is 6.07 Å². The molecule has 0 aliphatic rings. The Bertz CT molecular complexity index is 672. The average Bonchev–Trinajstić information content (AvgIpc) is 2.37. The van der Waals surface area contributed by atoms with Crippen LogP contribution in [0.4, 0.5) is 28.9 Å². The Balaban J connectivity index is 2.34. The van der Waals surface area contributed by atoms with Crippen molar-refractivity contribution in [3.05, 3.63) is 59.4 Å². The van der Waals surface area contributed by atoms with Crippen LogP contribution in [0.5, 0.6) is 0 Å². The van der Waals surface area contributed by atoms with Gasteiger partial charge in [0.2, 0.25) is 0 Å². The molecule has 6 heteroatoms. The smallest absolute Gasteiger partial charge is 0.355 e. The third-order valence-electron chi connectivity index (χ3n) is 2.56. The van der Waals surface area contributed by atoms with Crippen LogP contribution in [0.15, 0.2) is 42.5 Å². The van der Waals surface area contributed by atoms with Crippen molar-refractivity contribution in [3.63, 3.8) is 0 Å². The Morgan fingerprint density at radius 2 is 1.70 bits per heavy atom. The summed E-state index contributed by atoms with van der Waals surface area (Å²) in [7, 11) is 0. The first-order valence-corrected chi connectivity index (χ1v) is 5.54. The molecule has 0 aliphatic heterocycles. The lowest BCUT2D eigenvalue weighted by Gasteiger charge is -2.11. The summed E-state index contributed by atoms with van der Waals surface area (Å²) in [6, 6.07) is 10.1. The molecule has 1 N–H and O–H groups in total. The summed E-state index contributed by atoms with van der Waals surface area (Å²) in [6.07, 6.45) is -4.58. The molecule has 0 fully saturated rings. The summed E-state index contributed by atoms with van der Waals surface area (Å²) < 4.78 is 50.9. The van der Waals surface area contributed by atoms with Crippen molar-refractivity contribution in [2.75, 3.05) is 5.32 Å². The number of anilines is 2. The molecular formula is C14H8F4N2. The lowest BCUT2D eigenvalue weighted by Crippen LogP contribution is -2.08. The van der Waals surface area contributed by atoms with Crippen molar-refractivity contribution >= 4 is 11.4 Å². The fourth-order valence-electron chi connectivity index (χ4n) is 1.69. The number of hydrogen-bond acceptors (Lipinski definition) is 2. The van der Waals surface area contributed by atoms with Crippen LogP contribution in [0.2, 0.25) is 0 Å². The van der Waals surface area contributed by atoms with Crippen LogP contribution in [0, 0.1) is 17.1 Å². The third kappa shape index (κ3) is 3.06. The number of rotatable bonds is 2. The van der Waals surface area contributed by atoms with E-state index in [0.717, 1.165) is 12.1 Å². The number of alkyl halides is 3. The Hall–Kier alpha value is -2.55. The third-order valence-corrected chi connectivity index (χ3v) is 2.56. The average molecular weight is 280 g/mol. The van der Waals surface area contributed by atoms with E-state index in [4.69, 9.17) is 5.26 Å². The summed E-state index contributed by atoms with van der Waals surface area (Å²) in [4.78, 5) is 0. The van der Waals surface area contributed by atoms with E-state index < -0.39 is 23.1 Å². The fourth-order valence-corrected chi connectivity index (χ4v) is 1.69. The summed E-state index contributed by atoms with van der Waals surface area (Å²) in [6.45, 7) is 0. The molecule has 0 atom stereocenters. The molecular weight excluding hydrogens is 272 g/mol. The fraction of sp³-hybridized carbons (Fsp3) is 0.0714. The van der Waals surface area contributed by atoms with Crippen LogP contribution >= 0.6 is 0 Å². The highest BCUT2D eigenvalue weighted by Gasteiger charge is 2.33. The molecule has 0 saturated carbocycles. The molecule has 0 heterocycles. The highest BCUT2D eigenvalue weighted by molar-refractivity contribution is 5.62. The van der Waals surface area contributed by atoms with Crippen LogP contribution < -0.4 is 5.32 Å². The first kappa shape index (κ1) is 13.9. The van der Waals surface area contributed by atoms with Crippen molar-refractivity contribution in [1.82, 2.24) is 0 Å². The second kappa shape index (κ2) is 5.21. The van der Waals surface area contributed by atoms with Crippen LogP contribution in [-0.2, 0) is 6.18 Å². The maximum atomic E-state index is 13.0. The number of benzene rings is 2. The van der Waals surface area contributed by atoms with Gasteiger partial charge in [-0.05, 0) is 36.4 Å². The number of nitrogens with one attached hydrogen (secondary N) is 1. The van der Waals surface area contributed by atoms with Gasteiger partial charge >= 0.3 is 6.18 Å². The van der Waals surface area contributed by atoms with Gasteiger partial charge in [0.15, 0.2) is 0 Å². The Morgan fingerprint density at radius 1 is 1.00 bits per heavy atom. The van der Waals surface area contributed by atoms with Crippen LogP contribution in [-0.4, -0.2) is 0 Å². The first-order chi connectivity index (χ1) is 9.40. The minimum atomic E-state index is -4.58. The molecule has 0 saturated heterocycles. The van der Waals surface area contributed by atoms with E-state index in [1.165, 1.54) is 30.3 Å². The molecule has 2 rings (SSSR count). The van der Waals surface area contributed by atoms with Crippen LogP contribution in [0.3, 0.4) is 0 Å². The zero-order valence-electron chi connectivity index (χ0n) is 10.0. The topological polar surface area (TPSA) is 35.8 Å². The molecule has 0 bridgehead atoms. The predicted octanol–water partition coefficient (Wildman–Crippen LogP) is 4.46. The van der Waals surface area contributed by atoms with Gasteiger partial charge in [-0.3, -0.25) is 0 Å². The van der Waals surface area contributed by atoms with Gasteiger partial charge in [-0.2, -0.15) is 18.4 Å². The van der Waals surface area contributed by atoms with Crippen molar-refractivity contribution in [2.45, 2.75) is 6.18 Å². The largest absolute Gasteiger partial charge is 0.417 e. The molecule has 0 unspecified atom stereocenters. The molecule has 0 aliphatic carbocycles. The number of nitrogens with zero attached hydrogens (tertiary/aromatic N) is 1. The van der Waals surface area contributed by atoms with Crippen molar-refractivity contribution < 1.29 is 17.6 Å². The van der Waals surface area contributed by atoms with Crippen LogP contribution in [0.1, 0.15) is 11.1 Å². The molecule has 20 heavy (non-hydrogen) atoms. The Morgan fingerprint density at radius 3 is 2.30 bits per heavy atom. The number of nitriles is 1.